The zero-order chi connectivity index (χ0) is 20.5. The van der Waals surface area contributed by atoms with E-state index in [4.69, 9.17) is 9.47 Å². The second-order valence-electron chi connectivity index (χ2n) is 8.67. The van der Waals surface area contributed by atoms with Gasteiger partial charge in [0.25, 0.3) is 0 Å². The monoisotopic (exact) mass is 395 g/mol. The molecule has 0 saturated heterocycles. The van der Waals surface area contributed by atoms with Gasteiger partial charge in [0, 0.05) is 40.5 Å². The standard InChI is InChI=1S/C26H21NO3/c1-26(2)19(9-12-22-25(26)30-14-29-22)17-8-11-21(28)18-13-27-20-10-7-15-5-3-4-6-16(15)24(20)23(17)18/h3-10,12-13,19H,11,14H2,1-2H3. The van der Waals surface area contributed by atoms with Crippen molar-refractivity contribution < 1.29 is 14.3 Å². The minimum absolute atomic E-state index is 0.0642. The van der Waals surface area contributed by atoms with Gasteiger partial charge in [-0.1, -0.05) is 56.3 Å². The Hall–Kier alpha value is -3.40. The number of Topliss-reactive ketones (excluding diaryl/α,β-unsaturated/α-hetero) is 1. The van der Waals surface area contributed by atoms with Gasteiger partial charge < -0.3 is 9.47 Å². The van der Waals surface area contributed by atoms with Gasteiger partial charge in [-0.05, 0) is 28.5 Å². The Morgan fingerprint density at radius 1 is 1.10 bits per heavy atom. The van der Waals surface area contributed by atoms with Crippen LogP contribution >= 0.6 is 0 Å². The molecule has 1 aliphatic heterocycles. The number of pyridine rings is 1. The number of ketones is 1. The number of nitrogens with zero attached hydrogens (tertiary/aromatic N) is 1. The van der Waals surface area contributed by atoms with Crippen LogP contribution in [-0.4, -0.2) is 17.6 Å². The van der Waals surface area contributed by atoms with E-state index in [1.165, 1.54) is 0 Å². The predicted molar refractivity (Wildman–Crippen MR) is 117 cm³/mol. The molecule has 2 aromatic carbocycles. The summed E-state index contributed by atoms with van der Waals surface area (Å²) in [5, 5.41) is 3.32. The fourth-order valence-electron chi connectivity index (χ4n) is 5.15. The summed E-state index contributed by atoms with van der Waals surface area (Å²) >= 11 is 0. The Labute approximate surface area is 174 Å². The van der Waals surface area contributed by atoms with Crippen LogP contribution in [-0.2, 0) is 9.47 Å². The Kier molecular flexibility index (Phi) is 3.52. The quantitative estimate of drug-likeness (QED) is 0.490. The van der Waals surface area contributed by atoms with Crippen LogP contribution in [0.5, 0.6) is 0 Å². The highest BCUT2D eigenvalue weighted by atomic mass is 16.7. The molecule has 1 atom stereocenters. The number of aromatic nitrogens is 1. The number of hydrogen-bond acceptors (Lipinski definition) is 4. The molecule has 0 N–H and O–H groups in total. The van der Waals surface area contributed by atoms with Crippen LogP contribution < -0.4 is 0 Å². The number of ether oxygens (including phenoxy) is 2. The molecule has 6 rings (SSSR count). The Balaban J connectivity index is 1.65. The number of hydrogen-bond donors (Lipinski definition) is 0. The molecule has 30 heavy (non-hydrogen) atoms. The summed E-state index contributed by atoms with van der Waals surface area (Å²) in [6.07, 6.45) is 8.45. The van der Waals surface area contributed by atoms with Crippen molar-refractivity contribution in [3.8, 4) is 0 Å². The molecular formula is C26H21NO3. The first-order chi connectivity index (χ1) is 14.6. The predicted octanol–water partition coefficient (Wildman–Crippen LogP) is 5.79. The van der Waals surface area contributed by atoms with Crippen LogP contribution in [0.4, 0.5) is 0 Å². The summed E-state index contributed by atoms with van der Waals surface area (Å²) in [5.74, 6) is 1.88. The maximum Gasteiger partial charge on any atom is 0.230 e. The molecule has 2 heterocycles. The Morgan fingerprint density at radius 2 is 1.97 bits per heavy atom. The zero-order valence-corrected chi connectivity index (χ0v) is 16.9. The van der Waals surface area contributed by atoms with Crippen molar-refractivity contribution in [3.05, 3.63) is 83.5 Å². The molecule has 1 unspecified atom stereocenters. The highest BCUT2D eigenvalue weighted by Gasteiger charge is 2.44. The van der Waals surface area contributed by atoms with Crippen LogP contribution in [0.3, 0.4) is 0 Å². The minimum atomic E-state index is -0.287. The number of fused-ring (bicyclic) bond motifs is 5. The second kappa shape index (κ2) is 6.05. The summed E-state index contributed by atoms with van der Waals surface area (Å²) < 4.78 is 11.5. The third-order valence-corrected chi connectivity index (χ3v) is 6.63. The van der Waals surface area contributed by atoms with Gasteiger partial charge in [-0.15, -0.1) is 0 Å². The van der Waals surface area contributed by atoms with E-state index in [2.05, 4.69) is 49.2 Å². The molecule has 1 aromatic heterocycles. The van der Waals surface area contributed by atoms with E-state index in [9.17, 15) is 4.79 Å². The molecule has 148 valence electrons. The van der Waals surface area contributed by atoms with E-state index in [0.717, 1.165) is 44.3 Å². The van der Waals surface area contributed by atoms with E-state index < -0.39 is 0 Å². The van der Waals surface area contributed by atoms with Crippen molar-refractivity contribution in [1.29, 1.82) is 0 Å². The lowest BCUT2D eigenvalue weighted by molar-refractivity contribution is 0.0546. The van der Waals surface area contributed by atoms with Gasteiger partial charge in [-0.2, -0.15) is 0 Å². The lowest BCUT2D eigenvalue weighted by Gasteiger charge is -2.38. The van der Waals surface area contributed by atoms with Crippen molar-refractivity contribution >= 4 is 33.0 Å². The minimum Gasteiger partial charge on any atom is -0.457 e. The van der Waals surface area contributed by atoms with Gasteiger partial charge in [-0.25, -0.2) is 0 Å². The van der Waals surface area contributed by atoms with Crippen molar-refractivity contribution in [2.45, 2.75) is 20.3 Å². The van der Waals surface area contributed by atoms with Gasteiger partial charge in [0.1, 0.15) is 5.76 Å². The molecule has 0 spiro atoms. The fourth-order valence-corrected chi connectivity index (χ4v) is 5.15. The maximum atomic E-state index is 12.9. The third-order valence-electron chi connectivity index (χ3n) is 6.63. The van der Waals surface area contributed by atoms with Crippen LogP contribution in [0.15, 0.2) is 72.3 Å². The topological polar surface area (TPSA) is 48.4 Å². The first-order valence-corrected chi connectivity index (χ1v) is 10.3. The average molecular weight is 395 g/mol. The van der Waals surface area contributed by atoms with Crippen LogP contribution in [0, 0.1) is 11.3 Å². The Bertz CT molecular complexity index is 1340. The molecule has 4 heteroatoms. The van der Waals surface area contributed by atoms with Crippen molar-refractivity contribution in [2.75, 3.05) is 6.79 Å². The number of allylic oxidation sites excluding steroid dienone is 5. The summed E-state index contributed by atoms with van der Waals surface area (Å²) in [6, 6.07) is 12.4. The largest absolute Gasteiger partial charge is 0.457 e. The molecule has 0 saturated carbocycles. The summed E-state index contributed by atoms with van der Waals surface area (Å²) in [4.78, 5) is 17.5. The lowest BCUT2D eigenvalue weighted by Crippen LogP contribution is -2.30. The number of rotatable bonds is 1. The SMILES string of the molecule is CC1(C)C2=C(C=CC1C1=CCC(=O)c3cnc4ccc5ccccc5c4c31)OCO2. The number of carbonyl (C=O) groups is 1. The van der Waals surface area contributed by atoms with Gasteiger partial charge in [0.15, 0.2) is 11.5 Å². The number of carbonyl (C=O) groups excluding carboxylic acids is 1. The maximum absolute atomic E-state index is 12.9. The lowest BCUT2D eigenvalue weighted by atomic mass is 9.67. The van der Waals surface area contributed by atoms with Crippen molar-refractivity contribution in [3.63, 3.8) is 0 Å². The van der Waals surface area contributed by atoms with Crippen LogP contribution in [0.25, 0.3) is 27.2 Å². The highest BCUT2D eigenvalue weighted by molar-refractivity contribution is 6.17. The van der Waals surface area contributed by atoms with E-state index in [1.54, 1.807) is 6.20 Å². The average Bonchev–Trinajstić information content (AvgIpc) is 3.25. The number of benzene rings is 2. The third kappa shape index (κ3) is 2.28. The Morgan fingerprint density at radius 3 is 2.87 bits per heavy atom. The zero-order valence-electron chi connectivity index (χ0n) is 16.9. The van der Waals surface area contributed by atoms with Gasteiger partial charge in [-0.3, -0.25) is 9.78 Å². The molecular weight excluding hydrogens is 374 g/mol. The van der Waals surface area contributed by atoms with Gasteiger partial charge in [0.05, 0.1) is 5.52 Å². The fraction of sp³-hybridized carbons (Fsp3) is 0.231. The molecule has 2 aliphatic carbocycles. The van der Waals surface area contributed by atoms with Gasteiger partial charge in [0.2, 0.25) is 6.79 Å². The molecule has 4 nitrogen and oxygen atoms in total. The molecule has 3 aromatic rings. The van der Waals surface area contributed by atoms with E-state index in [-0.39, 0.29) is 23.9 Å². The summed E-state index contributed by atoms with van der Waals surface area (Å²) in [7, 11) is 0. The van der Waals surface area contributed by atoms with Crippen LogP contribution in [0.2, 0.25) is 0 Å². The summed E-state index contributed by atoms with van der Waals surface area (Å²) in [5.41, 5.74) is 3.51. The first-order valence-electron chi connectivity index (χ1n) is 10.3. The smallest absolute Gasteiger partial charge is 0.230 e. The molecule has 0 fully saturated rings. The van der Waals surface area contributed by atoms with E-state index in [1.807, 2.05) is 24.3 Å². The molecule has 0 bridgehead atoms. The van der Waals surface area contributed by atoms with Crippen molar-refractivity contribution in [1.82, 2.24) is 4.98 Å². The van der Waals surface area contributed by atoms with Crippen LogP contribution in [0.1, 0.15) is 36.2 Å². The van der Waals surface area contributed by atoms with E-state index in [0.29, 0.717) is 12.0 Å². The molecule has 0 radical (unpaired) electrons. The molecule has 0 amide bonds. The summed E-state index contributed by atoms with van der Waals surface area (Å²) in [6.45, 7) is 4.63. The highest BCUT2D eigenvalue weighted by Crippen LogP contribution is 2.52. The normalized spacial score (nSPS) is 21.9. The first kappa shape index (κ1) is 17.5. The van der Waals surface area contributed by atoms with Crippen molar-refractivity contribution in [2.24, 2.45) is 11.3 Å². The van der Waals surface area contributed by atoms with E-state index >= 15 is 0 Å². The van der Waals surface area contributed by atoms with Gasteiger partial charge >= 0.3 is 0 Å². The molecule has 3 aliphatic rings. The second-order valence-corrected chi connectivity index (χ2v) is 8.67.